The topological polar surface area (TPSA) is 55.6 Å². The number of carbonyl (C=O) groups excluding carboxylic acids is 1. The fourth-order valence-electron chi connectivity index (χ4n) is 3.61. The lowest BCUT2D eigenvalue weighted by Gasteiger charge is -2.34. The summed E-state index contributed by atoms with van der Waals surface area (Å²) in [5.74, 6) is 0.457. The van der Waals surface area contributed by atoms with Gasteiger partial charge in [0, 0.05) is 22.8 Å². The van der Waals surface area contributed by atoms with Gasteiger partial charge in [-0.05, 0) is 53.7 Å². The molecular formula is C24H29ClN2O2. The van der Waals surface area contributed by atoms with Crippen molar-refractivity contribution in [1.82, 2.24) is 4.90 Å². The molecular weight excluding hydrogens is 384 g/mol. The minimum Gasteiger partial charge on any atom is -0.449 e. The third-order valence-corrected chi connectivity index (χ3v) is 5.52. The maximum absolute atomic E-state index is 12.7. The van der Waals surface area contributed by atoms with Crippen molar-refractivity contribution in [3.8, 4) is 0 Å². The molecule has 0 radical (unpaired) electrons. The van der Waals surface area contributed by atoms with Crippen LogP contribution in [0.2, 0.25) is 5.02 Å². The van der Waals surface area contributed by atoms with Crippen LogP contribution in [0.15, 0.2) is 48.5 Å². The van der Waals surface area contributed by atoms with E-state index < -0.39 is 0 Å². The lowest BCUT2D eigenvalue weighted by Crippen LogP contribution is -2.38. The Morgan fingerprint density at radius 2 is 1.97 bits per heavy atom. The molecule has 29 heavy (non-hydrogen) atoms. The largest absolute Gasteiger partial charge is 0.449 e. The van der Waals surface area contributed by atoms with E-state index >= 15 is 0 Å². The molecule has 2 N–H and O–H groups in total. The molecule has 0 saturated heterocycles. The molecule has 154 valence electrons. The number of nitrogens with zero attached hydrogens (tertiary/aromatic N) is 1. The number of carbonyl (C=O) groups is 1. The molecule has 0 bridgehead atoms. The monoisotopic (exact) mass is 412 g/mol. The van der Waals surface area contributed by atoms with Crippen molar-refractivity contribution in [2.75, 3.05) is 18.9 Å². The number of nitrogen functional groups attached to an aromatic ring is 1. The van der Waals surface area contributed by atoms with Crippen LogP contribution >= 0.6 is 11.6 Å². The van der Waals surface area contributed by atoms with E-state index in [9.17, 15) is 4.79 Å². The van der Waals surface area contributed by atoms with Gasteiger partial charge in [-0.1, -0.05) is 62.7 Å². The lowest BCUT2D eigenvalue weighted by atomic mass is 9.91. The van der Waals surface area contributed by atoms with Gasteiger partial charge < -0.3 is 10.5 Å². The van der Waals surface area contributed by atoms with Crippen LogP contribution in [0, 0.1) is 0 Å². The summed E-state index contributed by atoms with van der Waals surface area (Å²) in [7, 11) is 0. The van der Waals surface area contributed by atoms with Gasteiger partial charge in [-0.25, -0.2) is 4.79 Å². The van der Waals surface area contributed by atoms with Crippen LogP contribution in [0.25, 0.3) is 5.57 Å². The molecule has 1 heterocycles. The van der Waals surface area contributed by atoms with E-state index in [0.717, 1.165) is 23.1 Å². The molecule has 2 aromatic carbocycles. The molecule has 1 amide bonds. The fraction of sp³-hybridized carbons (Fsp3) is 0.375. The Morgan fingerprint density at radius 3 is 2.62 bits per heavy atom. The summed E-state index contributed by atoms with van der Waals surface area (Å²) >= 11 is 6.21. The number of rotatable bonds is 5. The number of hydrogen-bond donors (Lipinski definition) is 1. The third-order valence-electron chi connectivity index (χ3n) is 5.29. The second-order valence-electron chi connectivity index (χ2n) is 7.75. The minimum absolute atomic E-state index is 0.206. The predicted octanol–water partition coefficient (Wildman–Crippen LogP) is 6.42. The number of halogens is 1. The van der Waals surface area contributed by atoms with E-state index in [0.29, 0.717) is 36.2 Å². The predicted molar refractivity (Wildman–Crippen MR) is 120 cm³/mol. The Kier molecular flexibility index (Phi) is 6.86. The summed E-state index contributed by atoms with van der Waals surface area (Å²) in [5, 5.41) is 0.651. The van der Waals surface area contributed by atoms with Crippen molar-refractivity contribution in [2.45, 2.75) is 45.6 Å². The number of nitrogens with two attached hydrogens (primary N) is 1. The van der Waals surface area contributed by atoms with Gasteiger partial charge in [-0.2, -0.15) is 0 Å². The van der Waals surface area contributed by atoms with E-state index in [1.807, 2.05) is 19.1 Å². The van der Waals surface area contributed by atoms with Gasteiger partial charge in [0.1, 0.15) is 0 Å². The Hall–Kier alpha value is -2.46. The molecule has 1 aliphatic rings. The first-order valence-corrected chi connectivity index (χ1v) is 10.6. The molecule has 1 atom stereocenters. The molecule has 1 aliphatic heterocycles. The Morgan fingerprint density at radius 1 is 1.24 bits per heavy atom. The highest BCUT2D eigenvalue weighted by atomic mass is 35.5. The second-order valence-corrected chi connectivity index (χ2v) is 8.18. The van der Waals surface area contributed by atoms with E-state index in [1.54, 1.807) is 11.0 Å². The Balaban J connectivity index is 1.99. The maximum Gasteiger partial charge on any atom is 0.410 e. The normalized spacial score (nSPS) is 16.7. The fourth-order valence-corrected chi connectivity index (χ4v) is 3.78. The van der Waals surface area contributed by atoms with Crippen LogP contribution in [0.1, 0.15) is 62.3 Å². The van der Waals surface area contributed by atoms with Gasteiger partial charge in [0.15, 0.2) is 0 Å². The summed E-state index contributed by atoms with van der Waals surface area (Å²) in [6.45, 7) is 7.32. The average molecular weight is 413 g/mol. The highest BCUT2D eigenvalue weighted by molar-refractivity contribution is 6.30. The van der Waals surface area contributed by atoms with Crippen LogP contribution < -0.4 is 5.73 Å². The standard InChI is InChI=1S/C24H29ClN2O2/c1-4-13-29-24(28)27-12-11-19(21-15-20(25)9-10-22(21)26)14-23(27)18-7-5-17(6-8-18)16(2)3/h5-10,14-16,23H,4,11-13,26H2,1-3H3. The zero-order valence-electron chi connectivity index (χ0n) is 17.3. The van der Waals surface area contributed by atoms with Crippen LogP contribution in [-0.4, -0.2) is 24.1 Å². The van der Waals surface area contributed by atoms with Crippen molar-refractivity contribution >= 4 is 29.0 Å². The first-order valence-electron chi connectivity index (χ1n) is 10.2. The van der Waals surface area contributed by atoms with Crippen molar-refractivity contribution in [2.24, 2.45) is 0 Å². The second kappa shape index (κ2) is 9.36. The zero-order valence-corrected chi connectivity index (χ0v) is 18.1. The molecule has 0 aromatic heterocycles. The summed E-state index contributed by atoms with van der Waals surface area (Å²) in [6.07, 6.45) is 3.34. The quantitative estimate of drug-likeness (QED) is 0.576. The van der Waals surface area contributed by atoms with Crippen molar-refractivity contribution in [3.63, 3.8) is 0 Å². The summed E-state index contributed by atoms with van der Waals surface area (Å²) in [4.78, 5) is 14.5. The maximum atomic E-state index is 12.7. The molecule has 1 unspecified atom stereocenters. The van der Waals surface area contributed by atoms with E-state index in [-0.39, 0.29) is 12.1 Å². The molecule has 0 fully saturated rings. The number of benzene rings is 2. The van der Waals surface area contributed by atoms with Crippen molar-refractivity contribution < 1.29 is 9.53 Å². The van der Waals surface area contributed by atoms with Crippen LogP contribution in [-0.2, 0) is 4.74 Å². The first-order chi connectivity index (χ1) is 13.9. The summed E-state index contributed by atoms with van der Waals surface area (Å²) < 4.78 is 5.44. The SMILES string of the molecule is CCCOC(=O)N1CCC(c2cc(Cl)ccc2N)=CC1c1ccc(C(C)C)cc1. The summed E-state index contributed by atoms with van der Waals surface area (Å²) in [6, 6.07) is 13.8. The highest BCUT2D eigenvalue weighted by Crippen LogP contribution is 2.37. The van der Waals surface area contributed by atoms with Gasteiger partial charge in [-0.3, -0.25) is 4.90 Å². The highest BCUT2D eigenvalue weighted by Gasteiger charge is 2.29. The molecule has 0 saturated carbocycles. The number of amides is 1. The van der Waals surface area contributed by atoms with Crippen LogP contribution in [0.3, 0.4) is 0 Å². The number of hydrogen-bond acceptors (Lipinski definition) is 3. The average Bonchev–Trinajstić information content (AvgIpc) is 2.73. The van der Waals surface area contributed by atoms with E-state index in [2.05, 4.69) is 44.2 Å². The molecule has 3 rings (SSSR count). The van der Waals surface area contributed by atoms with Gasteiger partial charge in [0.2, 0.25) is 0 Å². The first kappa shape index (κ1) is 21.3. The van der Waals surface area contributed by atoms with Gasteiger partial charge in [-0.15, -0.1) is 0 Å². The van der Waals surface area contributed by atoms with Crippen molar-refractivity contribution in [3.05, 3.63) is 70.3 Å². The minimum atomic E-state index is -0.279. The summed E-state index contributed by atoms with van der Waals surface area (Å²) in [5.41, 5.74) is 11.3. The van der Waals surface area contributed by atoms with Crippen LogP contribution in [0.5, 0.6) is 0 Å². The number of anilines is 1. The molecule has 0 aliphatic carbocycles. The molecule has 2 aromatic rings. The molecule has 5 heteroatoms. The van der Waals surface area contributed by atoms with E-state index in [1.165, 1.54) is 5.56 Å². The zero-order chi connectivity index (χ0) is 21.0. The number of ether oxygens (including phenoxy) is 1. The molecule has 0 spiro atoms. The third kappa shape index (κ3) is 4.94. The van der Waals surface area contributed by atoms with Gasteiger partial charge in [0.25, 0.3) is 0 Å². The molecule has 4 nitrogen and oxygen atoms in total. The smallest absolute Gasteiger partial charge is 0.410 e. The lowest BCUT2D eigenvalue weighted by molar-refractivity contribution is 0.0924. The van der Waals surface area contributed by atoms with Crippen LogP contribution in [0.4, 0.5) is 10.5 Å². The van der Waals surface area contributed by atoms with Gasteiger partial charge >= 0.3 is 6.09 Å². The van der Waals surface area contributed by atoms with Gasteiger partial charge in [0.05, 0.1) is 12.6 Å². The van der Waals surface area contributed by atoms with E-state index in [4.69, 9.17) is 22.1 Å². The van der Waals surface area contributed by atoms with Crippen molar-refractivity contribution in [1.29, 1.82) is 0 Å². The Labute approximate surface area is 178 Å². The Bertz CT molecular complexity index is 890.